The van der Waals surface area contributed by atoms with Gasteiger partial charge in [0.25, 0.3) is 17.7 Å². The molecule has 49 heavy (non-hydrogen) atoms. The van der Waals surface area contributed by atoms with Crippen LogP contribution >= 0.6 is 11.3 Å². The van der Waals surface area contributed by atoms with E-state index in [1.807, 2.05) is 24.4 Å². The number of carboxylic acid groups (broad SMARTS) is 1. The van der Waals surface area contributed by atoms with Crippen molar-refractivity contribution in [1.82, 2.24) is 15.6 Å². The summed E-state index contributed by atoms with van der Waals surface area (Å²) < 4.78 is 6.14. The molecule has 1 aliphatic rings. The van der Waals surface area contributed by atoms with Crippen molar-refractivity contribution >= 4 is 40.7 Å². The lowest BCUT2D eigenvalue weighted by molar-refractivity contribution is 0.0690. The quantitative estimate of drug-likeness (QED) is 0.120. The van der Waals surface area contributed by atoms with Crippen molar-refractivity contribution in [3.05, 3.63) is 87.0 Å². The molecule has 3 amide bonds. The van der Waals surface area contributed by atoms with Gasteiger partial charge in [-0.1, -0.05) is 26.8 Å². The van der Waals surface area contributed by atoms with Crippen LogP contribution in [0.2, 0.25) is 0 Å². The van der Waals surface area contributed by atoms with Gasteiger partial charge in [-0.2, -0.15) is 0 Å². The van der Waals surface area contributed by atoms with Crippen LogP contribution in [-0.2, 0) is 13.0 Å². The number of ether oxygens (including phenoxy) is 1. The van der Waals surface area contributed by atoms with Crippen LogP contribution in [0.3, 0.4) is 0 Å². The average molecular weight is 684 g/mol. The summed E-state index contributed by atoms with van der Waals surface area (Å²) in [7, 11) is 0. The molecule has 6 N–H and O–H groups in total. The van der Waals surface area contributed by atoms with Crippen molar-refractivity contribution in [3.8, 4) is 27.3 Å². The van der Waals surface area contributed by atoms with E-state index in [1.165, 1.54) is 23.5 Å². The molecule has 0 spiro atoms. The summed E-state index contributed by atoms with van der Waals surface area (Å²) in [5.74, 6) is -1.90. The largest absolute Gasteiger partial charge is 0.493 e. The third-order valence-electron chi connectivity index (χ3n) is 8.26. The second-order valence-corrected chi connectivity index (χ2v) is 13.3. The van der Waals surface area contributed by atoms with E-state index in [-0.39, 0.29) is 40.4 Å². The number of nitrogens with zero attached hydrogens (tertiary/aromatic N) is 1. The van der Waals surface area contributed by atoms with Gasteiger partial charge in [-0.15, -0.1) is 11.3 Å². The van der Waals surface area contributed by atoms with Crippen LogP contribution in [0.4, 0.5) is 5.69 Å². The molecule has 1 aliphatic heterocycles. The molecule has 256 valence electrons. The minimum Gasteiger partial charge on any atom is -0.493 e. The van der Waals surface area contributed by atoms with Gasteiger partial charge in [0.1, 0.15) is 11.4 Å². The number of amides is 3. The number of thiophene rings is 1. The van der Waals surface area contributed by atoms with Gasteiger partial charge in [-0.3, -0.25) is 14.4 Å². The van der Waals surface area contributed by atoms with Crippen molar-refractivity contribution in [2.75, 3.05) is 25.0 Å². The third kappa shape index (κ3) is 7.82. The van der Waals surface area contributed by atoms with Crippen molar-refractivity contribution in [2.45, 2.75) is 53.5 Å². The normalized spacial score (nSPS) is 12.0. The maximum atomic E-state index is 14.5. The van der Waals surface area contributed by atoms with Crippen LogP contribution in [0.5, 0.6) is 5.75 Å². The molecule has 0 atom stereocenters. The fourth-order valence-electron chi connectivity index (χ4n) is 5.70. The number of carboxylic acids is 1. The maximum Gasteiger partial charge on any atom is 0.355 e. The van der Waals surface area contributed by atoms with E-state index in [0.717, 1.165) is 22.4 Å². The molecule has 3 heterocycles. The van der Waals surface area contributed by atoms with Crippen LogP contribution in [0.15, 0.2) is 47.8 Å². The Kier molecular flexibility index (Phi) is 11.1. The van der Waals surface area contributed by atoms with E-state index in [0.29, 0.717) is 61.0 Å². The van der Waals surface area contributed by atoms with Gasteiger partial charge < -0.3 is 31.5 Å². The van der Waals surface area contributed by atoms with Gasteiger partial charge in [0.15, 0.2) is 5.69 Å². The van der Waals surface area contributed by atoms with Gasteiger partial charge in [0.05, 0.1) is 17.9 Å². The zero-order valence-corrected chi connectivity index (χ0v) is 28.9. The number of hydrogen-bond acceptors (Lipinski definition) is 8. The average Bonchev–Trinajstić information content (AvgIpc) is 3.48. The first-order valence-corrected chi connectivity index (χ1v) is 17.2. The number of nitrogens with two attached hydrogens (primary N) is 1. The minimum absolute atomic E-state index is 0.0569. The van der Waals surface area contributed by atoms with E-state index in [2.05, 4.69) is 34.8 Å². The summed E-state index contributed by atoms with van der Waals surface area (Å²) in [5, 5.41) is 20.9. The SMILES string of the molecule is CCCNC(=O)c1ccc(-c2cc3c(cc2C(=O)Nc2c(C)cc(CN)cc2C(=O)NCCC(C)C)-c2sccc2CCO3)c(C(=O)O)n1. The number of anilines is 1. The summed E-state index contributed by atoms with van der Waals surface area (Å²) in [6.07, 6.45) is 2.15. The fraction of sp³-hybridized carbons (Fsp3) is 0.324. The first kappa shape index (κ1) is 35.2. The number of hydrogen-bond donors (Lipinski definition) is 5. The van der Waals surface area contributed by atoms with E-state index < -0.39 is 23.5 Å². The van der Waals surface area contributed by atoms with Crippen molar-refractivity contribution in [1.29, 1.82) is 0 Å². The van der Waals surface area contributed by atoms with Gasteiger partial charge in [-0.05, 0) is 84.2 Å². The van der Waals surface area contributed by atoms with E-state index in [4.69, 9.17) is 10.5 Å². The number of carbonyl (C=O) groups is 4. The fourth-order valence-corrected chi connectivity index (χ4v) is 6.67. The molecule has 2 aromatic carbocycles. The Hall–Kier alpha value is -5.07. The van der Waals surface area contributed by atoms with Crippen LogP contribution in [-0.4, -0.2) is 53.5 Å². The summed E-state index contributed by atoms with van der Waals surface area (Å²) in [6, 6.07) is 11.8. The number of rotatable bonds is 12. The molecule has 2 aromatic heterocycles. The number of pyridine rings is 1. The molecule has 0 aliphatic carbocycles. The highest BCUT2D eigenvalue weighted by molar-refractivity contribution is 7.13. The van der Waals surface area contributed by atoms with Crippen LogP contribution < -0.4 is 26.4 Å². The first-order chi connectivity index (χ1) is 23.5. The Bertz CT molecular complexity index is 1920. The summed E-state index contributed by atoms with van der Waals surface area (Å²) in [4.78, 5) is 58.4. The summed E-state index contributed by atoms with van der Waals surface area (Å²) in [6.45, 7) is 9.30. The van der Waals surface area contributed by atoms with Crippen molar-refractivity contribution < 1.29 is 29.0 Å². The molecule has 0 saturated heterocycles. The molecule has 0 unspecified atom stereocenters. The first-order valence-electron chi connectivity index (χ1n) is 16.4. The minimum atomic E-state index is -1.36. The number of aromatic nitrogens is 1. The summed E-state index contributed by atoms with van der Waals surface area (Å²) >= 11 is 1.52. The molecule has 4 aromatic rings. The number of carbonyl (C=O) groups excluding carboxylic acids is 3. The van der Waals surface area contributed by atoms with Gasteiger partial charge in [-0.25, -0.2) is 9.78 Å². The van der Waals surface area contributed by atoms with Gasteiger partial charge >= 0.3 is 5.97 Å². The lowest BCUT2D eigenvalue weighted by atomic mass is 9.93. The highest BCUT2D eigenvalue weighted by Crippen LogP contribution is 2.43. The Morgan fingerprint density at radius 2 is 1.73 bits per heavy atom. The van der Waals surface area contributed by atoms with E-state index in [1.54, 1.807) is 25.1 Å². The predicted octanol–water partition coefficient (Wildman–Crippen LogP) is 6.05. The molecular weight excluding hydrogens is 643 g/mol. The predicted molar refractivity (Wildman–Crippen MR) is 191 cm³/mol. The molecule has 0 radical (unpaired) electrons. The number of aromatic carboxylic acids is 1. The zero-order valence-electron chi connectivity index (χ0n) is 28.1. The Labute approximate surface area is 289 Å². The lowest BCUT2D eigenvalue weighted by Crippen LogP contribution is -2.27. The summed E-state index contributed by atoms with van der Waals surface area (Å²) in [5.41, 5.74) is 9.75. The van der Waals surface area contributed by atoms with Crippen molar-refractivity contribution in [2.24, 2.45) is 11.7 Å². The highest BCUT2D eigenvalue weighted by atomic mass is 32.1. The number of aryl methyl sites for hydroxylation is 1. The standard InChI is InChI=1S/C37H41N5O6S/c1-5-11-39-36(45)29-7-6-24(32(41-29)37(46)47)25-18-30-27(33-23(9-13-48-30)10-14-49-33)17-26(25)35(44)42-31-21(4)15-22(19-38)16-28(31)34(43)40-12-8-20(2)3/h6-7,10,14-18,20H,5,8-9,11-13,19,38H2,1-4H3,(H,39,45)(H,40,43)(H,42,44)(H,46,47). The monoisotopic (exact) mass is 683 g/mol. The number of fused-ring (bicyclic) bond motifs is 3. The second kappa shape index (κ2) is 15.4. The van der Waals surface area contributed by atoms with E-state index in [9.17, 15) is 24.3 Å². The lowest BCUT2D eigenvalue weighted by Gasteiger charge is -2.19. The highest BCUT2D eigenvalue weighted by Gasteiger charge is 2.27. The molecule has 0 saturated carbocycles. The smallest absolute Gasteiger partial charge is 0.355 e. The molecular formula is C37H41N5O6S. The molecule has 11 nitrogen and oxygen atoms in total. The van der Waals surface area contributed by atoms with E-state index >= 15 is 0 Å². The molecule has 0 fully saturated rings. The number of benzene rings is 2. The third-order valence-corrected chi connectivity index (χ3v) is 9.25. The second-order valence-electron chi connectivity index (χ2n) is 12.4. The molecule has 12 heteroatoms. The van der Waals surface area contributed by atoms with Crippen LogP contribution in [0, 0.1) is 12.8 Å². The molecule has 0 bridgehead atoms. The zero-order chi connectivity index (χ0) is 35.2. The van der Waals surface area contributed by atoms with Gasteiger partial charge in [0.2, 0.25) is 0 Å². The van der Waals surface area contributed by atoms with Crippen molar-refractivity contribution in [3.63, 3.8) is 0 Å². The Morgan fingerprint density at radius 1 is 0.959 bits per heavy atom. The Balaban J connectivity index is 1.65. The van der Waals surface area contributed by atoms with Gasteiger partial charge in [0, 0.05) is 53.2 Å². The topological polar surface area (TPSA) is 173 Å². The van der Waals surface area contributed by atoms with Crippen LogP contribution in [0.25, 0.3) is 21.6 Å². The molecule has 5 rings (SSSR count). The van der Waals surface area contributed by atoms with Crippen LogP contribution in [0.1, 0.15) is 92.0 Å². The maximum absolute atomic E-state index is 14.5. The Morgan fingerprint density at radius 3 is 2.45 bits per heavy atom. The number of nitrogens with one attached hydrogen (secondary N) is 3.